The van der Waals surface area contributed by atoms with E-state index in [1.54, 1.807) is 24.3 Å². The molecule has 0 aliphatic heterocycles. The molecular weight excluding hydrogens is 329 g/mol. The second kappa shape index (κ2) is 8.58. The van der Waals surface area contributed by atoms with Gasteiger partial charge in [0, 0.05) is 0 Å². The van der Waals surface area contributed by atoms with E-state index in [9.17, 15) is 18.8 Å². The zero-order chi connectivity index (χ0) is 18.2. The van der Waals surface area contributed by atoms with E-state index in [0.717, 1.165) is 0 Å². The molecule has 130 valence electrons. The minimum atomic E-state index is -0.775. The third kappa shape index (κ3) is 5.42. The van der Waals surface area contributed by atoms with Crippen LogP contribution in [0.15, 0.2) is 48.5 Å². The molecule has 0 aliphatic carbocycles. The number of nitrogens with one attached hydrogen (secondary N) is 1. The fourth-order valence-corrected chi connectivity index (χ4v) is 2.07. The fourth-order valence-electron chi connectivity index (χ4n) is 2.07. The molecule has 2 aromatic carbocycles. The Kier molecular flexibility index (Phi) is 6.22. The summed E-state index contributed by atoms with van der Waals surface area (Å²) in [5.74, 6) is -2.29. The third-order valence-electron chi connectivity index (χ3n) is 3.21. The summed E-state index contributed by atoms with van der Waals surface area (Å²) in [7, 11) is 1.40. The average Bonchev–Trinajstić information content (AvgIpc) is 2.60. The maximum absolute atomic E-state index is 13.0. The van der Waals surface area contributed by atoms with Gasteiger partial charge in [0.1, 0.15) is 11.6 Å². The van der Waals surface area contributed by atoms with Crippen LogP contribution in [0.2, 0.25) is 0 Å². The molecule has 0 unspecified atom stereocenters. The highest BCUT2D eigenvalue weighted by molar-refractivity contribution is 6.06. The van der Waals surface area contributed by atoms with Crippen molar-refractivity contribution in [3.8, 4) is 5.75 Å². The largest absolute Gasteiger partial charge is 0.496 e. The second-order valence-corrected chi connectivity index (χ2v) is 5.04. The molecule has 0 radical (unpaired) electrons. The van der Waals surface area contributed by atoms with Crippen molar-refractivity contribution < 1.29 is 28.2 Å². The Hall–Kier alpha value is -3.22. The molecule has 2 aromatic rings. The molecule has 0 spiro atoms. The van der Waals surface area contributed by atoms with Crippen LogP contribution in [0.3, 0.4) is 0 Å². The zero-order valence-electron chi connectivity index (χ0n) is 13.5. The Morgan fingerprint density at radius 2 is 1.84 bits per heavy atom. The van der Waals surface area contributed by atoms with Gasteiger partial charge in [-0.1, -0.05) is 24.3 Å². The highest BCUT2D eigenvalue weighted by atomic mass is 19.1. The molecule has 6 nitrogen and oxygen atoms in total. The summed E-state index contributed by atoms with van der Waals surface area (Å²) in [5, 5.41) is 2.10. The number of hydrogen-bond donors (Lipinski definition) is 1. The molecule has 0 bridgehead atoms. The molecule has 0 heterocycles. The van der Waals surface area contributed by atoms with Crippen molar-refractivity contribution in [1.29, 1.82) is 0 Å². The topological polar surface area (TPSA) is 81.7 Å². The quantitative estimate of drug-likeness (QED) is 0.809. The number of carbonyl (C=O) groups excluding carboxylic acids is 3. The van der Waals surface area contributed by atoms with Gasteiger partial charge < -0.3 is 9.47 Å². The summed E-state index contributed by atoms with van der Waals surface area (Å²) in [6.07, 6.45) is -0.175. The lowest BCUT2D eigenvalue weighted by atomic mass is 10.1. The Labute approximate surface area is 143 Å². The van der Waals surface area contributed by atoms with Crippen LogP contribution in [-0.4, -0.2) is 31.5 Å². The standard InChI is InChI=1S/C18H16FNO5/c1-24-15-8-3-2-7-14(15)18(23)20-16(21)11-25-17(22)10-12-5-4-6-13(19)9-12/h2-9H,10-11H2,1H3,(H,20,21,23). The number of methoxy groups -OCH3 is 1. The number of hydrogen-bond acceptors (Lipinski definition) is 5. The summed E-state index contributed by atoms with van der Waals surface area (Å²) < 4.78 is 22.9. The molecule has 7 heteroatoms. The smallest absolute Gasteiger partial charge is 0.310 e. The number of ether oxygens (including phenoxy) is 2. The van der Waals surface area contributed by atoms with E-state index < -0.39 is 30.2 Å². The first-order valence-corrected chi connectivity index (χ1v) is 7.37. The van der Waals surface area contributed by atoms with E-state index in [-0.39, 0.29) is 12.0 Å². The lowest BCUT2D eigenvalue weighted by Gasteiger charge is -2.08. The predicted molar refractivity (Wildman–Crippen MR) is 86.5 cm³/mol. The Morgan fingerprint density at radius 1 is 1.08 bits per heavy atom. The van der Waals surface area contributed by atoms with Crippen LogP contribution in [0.4, 0.5) is 4.39 Å². The van der Waals surface area contributed by atoms with Crippen molar-refractivity contribution in [2.75, 3.05) is 13.7 Å². The number of imide groups is 1. The maximum atomic E-state index is 13.0. The second-order valence-electron chi connectivity index (χ2n) is 5.04. The zero-order valence-corrected chi connectivity index (χ0v) is 13.5. The van der Waals surface area contributed by atoms with Crippen LogP contribution in [0.25, 0.3) is 0 Å². The summed E-state index contributed by atoms with van der Waals surface area (Å²) in [4.78, 5) is 35.4. The molecular formula is C18H16FNO5. The Balaban J connectivity index is 1.84. The highest BCUT2D eigenvalue weighted by Gasteiger charge is 2.16. The fraction of sp³-hybridized carbons (Fsp3) is 0.167. The van der Waals surface area contributed by atoms with Gasteiger partial charge in [0.15, 0.2) is 6.61 Å². The predicted octanol–water partition coefficient (Wildman–Crippen LogP) is 1.88. The molecule has 0 atom stereocenters. The molecule has 0 aromatic heterocycles. The minimum Gasteiger partial charge on any atom is -0.496 e. The van der Waals surface area contributed by atoms with Gasteiger partial charge in [-0.2, -0.15) is 0 Å². The normalized spacial score (nSPS) is 10.0. The van der Waals surface area contributed by atoms with Gasteiger partial charge in [-0.25, -0.2) is 4.39 Å². The van der Waals surface area contributed by atoms with Crippen molar-refractivity contribution in [2.24, 2.45) is 0 Å². The number of carbonyl (C=O) groups is 3. The van der Waals surface area contributed by atoms with E-state index in [2.05, 4.69) is 5.32 Å². The first kappa shape index (κ1) is 18.1. The Morgan fingerprint density at radius 3 is 2.56 bits per heavy atom. The Bertz CT molecular complexity index is 791. The van der Waals surface area contributed by atoms with Crippen molar-refractivity contribution in [3.05, 3.63) is 65.5 Å². The minimum absolute atomic E-state index is 0.175. The van der Waals surface area contributed by atoms with Crippen LogP contribution in [-0.2, 0) is 20.7 Å². The number of benzene rings is 2. The molecule has 1 N–H and O–H groups in total. The van der Waals surface area contributed by atoms with Gasteiger partial charge in [-0.3, -0.25) is 19.7 Å². The molecule has 25 heavy (non-hydrogen) atoms. The van der Waals surface area contributed by atoms with Gasteiger partial charge in [-0.05, 0) is 29.8 Å². The molecule has 2 rings (SSSR count). The number of esters is 1. The van der Waals surface area contributed by atoms with Crippen molar-refractivity contribution in [3.63, 3.8) is 0 Å². The lowest BCUT2D eigenvalue weighted by Crippen LogP contribution is -2.34. The van der Waals surface area contributed by atoms with Crippen LogP contribution in [0.5, 0.6) is 5.75 Å². The summed E-state index contributed by atoms with van der Waals surface area (Å²) in [6.45, 7) is -0.616. The summed E-state index contributed by atoms with van der Waals surface area (Å²) in [5.41, 5.74) is 0.611. The third-order valence-corrected chi connectivity index (χ3v) is 3.21. The first-order valence-electron chi connectivity index (χ1n) is 7.37. The SMILES string of the molecule is COc1ccccc1C(=O)NC(=O)COC(=O)Cc1cccc(F)c1. The molecule has 0 saturated heterocycles. The van der Waals surface area contributed by atoms with E-state index in [4.69, 9.17) is 9.47 Å². The molecule has 0 saturated carbocycles. The summed E-state index contributed by atoms with van der Waals surface area (Å²) in [6, 6.07) is 11.9. The van der Waals surface area contributed by atoms with E-state index in [0.29, 0.717) is 11.3 Å². The highest BCUT2D eigenvalue weighted by Crippen LogP contribution is 2.16. The molecule has 0 aliphatic rings. The molecule has 0 fully saturated rings. The first-order chi connectivity index (χ1) is 12.0. The van der Waals surface area contributed by atoms with Crippen LogP contribution < -0.4 is 10.1 Å². The maximum Gasteiger partial charge on any atom is 0.310 e. The van der Waals surface area contributed by atoms with Gasteiger partial charge in [0.05, 0.1) is 19.1 Å². The van der Waals surface area contributed by atoms with Gasteiger partial charge in [-0.15, -0.1) is 0 Å². The number of amides is 2. The van der Waals surface area contributed by atoms with Crippen molar-refractivity contribution in [1.82, 2.24) is 5.32 Å². The van der Waals surface area contributed by atoms with Crippen molar-refractivity contribution >= 4 is 17.8 Å². The monoisotopic (exact) mass is 345 g/mol. The van der Waals surface area contributed by atoms with E-state index >= 15 is 0 Å². The number of halogens is 1. The average molecular weight is 345 g/mol. The summed E-state index contributed by atoms with van der Waals surface area (Å²) >= 11 is 0. The number of rotatable bonds is 6. The molecule has 2 amide bonds. The van der Waals surface area contributed by atoms with Crippen molar-refractivity contribution in [2.45, 2.75) is 6.42 Å². The van der Waals surface area contributed by atoms with Gasteiger partial charge >= 0.3 is 5.97 Å². The van der Waals surface area contributed by atoms with Gasteiger partial charge in [0.2, 0.25) is 0 Å². The van der Waals surface area contributed by atoms with Crippen LogP contribution in [0.1, 0.15) is 15.9 Å². The van der Waals surface area contributed by atoms with Crippen LogP contribution in [0, 0.1) is 5.82 Å². The lowest BCUT2D eigenvalue weighted by molar-refractivity contribution is -0.147. The van der Waals surface area contributed by atoms with E-state index in [1.165, 1.54) is 31.4 Å². The number of para-hydroxylation sites is 1. The van der Waals surface area contributed by atoms with Crippen LogP contribution >= 0.6 is 0 Å². The van der Waals surface area contributed by atoms with E-state index in [1.807, 2.05) is 0 Å². The van der Waals surface area contributed by atoms with Gasteiger partial charge in [0.25, 0.3) is 11.8 Å².